The summed E-state index contributed by atoms with van der Waals surface area (Å²) in [6.07, 6.45) is 6.40. The van der Waals surface area contributed by atoms with Crippen LogP contribution in [0.1, 0.15) is 60.7 Å². The second-order valence-corrected chi connectivity index (χ2v) is 14.2. The number of hydrogen-bond donors (Lipinski definition) is 2. The number of nitrogens with one attached hydrogen (secondary N) is 1. The molecule has 5 rings (SSSR count). The first kappa shape index (κ1) is 31.1. The lowest BCUT2D eigenvalue weighted by Crippen LogP contribution is -2.40. The first-order chi connectivity index (χ1) is 20.9. The lowest BCUT2D eigenvalue weighted by atomic mass is 9.87. The minimum absolute atomic E-state index is 0.0659. The van der Waals surface area contributed by atoms with Crippen LogP contribution in [0.5, 0.6) is 0 Å². The molecular weight excluding hydrogens is 574 g/mol. The van der Waals surface area contributed by atoms with E-state index in [0.717, 1.165) is 22.0 Å². The Morgan fingerprint density at radius 1 is 0.955 bits per heavy atom. The largest absolute Gasteiger partial charge is 0.481 e. The van der Waals surface area contributed by atoms with E-state index in [1.165, 1.54) is 5.56 Å². The highest BCUT2D eigenvalue weighted by atomic mass is 32.2. The molecule has 9 heteroatoms. The summed E-state index contributed by atoms with van der Waals surface area (Å²) in [4.78, 5) is 25.8. The molecule has 8 nitrogen and oxygen atoms in total. The number of carboxylic acids is 1. The number of aromatic nitrogens is 1. The van der Waals surface area contributed by atoms with Crippen LogP contribution in [0.2, 0.25) is 0 Å². The van der Waals surface area contributed by atoms with Gasteiger partial charge in [0.05, 0.1) is 11.7 Å². The topological polar surface area (TPSA) is 109 Å². The molecule has 0 saturated carbocycles. The number of amides is 1. The van der Waals surface area contributed by atoms with Gasteiger partial charge in [-0.3, -0.25) is 14.3 Å². The molecule has 0 unspecified atom stereocenters. The predicted molar refractivity (Wildman–Crippen MR) is 175 cm³/mol. The third-order valence-electron chi connectivity index (χ3n) is 8.13. The first-order valence-corrected chi connectivity index (χ1v) is 16.5. The molecular formula is C35H39N3O5S. The van der Waals surface area contributed by atoms with Gasteiger partial charge in [0.15, 0.2) is 0 Å². The SMILES string of the molecule is CC(C)(C)c1ccc(C=CCS(=O)(=O)Nc2ccc3c(ccn3Cc3ccc(C(=O)N4CCC(C(=O)O)CC4)cc3)c2)cc1. The third-order valence-corrected chi connectivity index (χ3v) is 9.31. The lowest BCUT2D eigenvalue weighted by molar-refractivity contribution is -0.143. The zero-order chi connectivity index (χ0) is 31.5. The molecule has 2 heterocycles. The molecule has 0 aliphatic carbocycles. The maximum atomic E-state index is 12.9. The molecule has 3 aromatic carbocycles. The summed E-state index contributed by atoms with van der Waals surface area (Å²) < 4.78 is 30.3. The van der Waals surface area contributed by atoms with Crippen molar-refractivity contribution in [3.8, 4) is 0 Å². The van der Waals surface area contributed by atoms with E-state index < -0.39 is 16.0 Å². The van der Waals surface area contributed by atoms with Gasteiger partial charge in [-0.05, 0) is 71.3 Å². The molecule has 0 bridgehead atoms. The number of carboxylic acid groups (broad SMARTS) is 1. The van der Waals surface area contributed by atoms with Crippen molar-refractivity contribution in [1.82, 2.24) is 9.47 Å². The maximum absolute atomic E-state index is 12.9. The minimum atomic E-state index is -3.57. The molecule has 1 aliphatic rings. The molecule has 1 fully saturated rings. The standard InChI is InChI=1S/C35H39N3O5S/c1-35(2,3)30-12-8-25(9-13-30)5-4-22-44(42,43)36-31-14-15-32-29(23-31)18-21-38(32)24-26-6-10-27(11-7-26)33(39)37-19-16-28(17-20-37)34(40)41/h4-15,18,21,23,28,36H,16-17,19-20,22,24H2,1-3H3,(H,40,41). The van der Waals surface area contributed by atoms with Crippen LogP contribution < -0.4 is 4.72 Å². The van der Waals surface area contributed by atoms with Crippen molar-refractivity contribution in [2.75, 3.05) is 23.6 Å². The molecule has 0 spiro atoms. The van der Waals surface area contributed by atoms with E-state index in [4.69, 9.17) is 0 Å². The Kier molecular flexibility index (Phi) is 8.97. The summed E-state index contributed by atoms with van der Waals surface area (Å²) in [6, 6.07) is 23.1. The Morgan fingerprint density at radius 2 is 1.64 bits per heavy atom. The third kappa shape index (κ3) is 7.58. The number of piperidine rings is 1. The van der Waals surface area contributed by atoms with Crippen LogP contribution in [0.4, 0.5) is 5.69 Å². The second kappa shape index (κ2) is 12.7. The number of nitrogens with zero attached hydrogens (tertiary/aromatic N) is 2. The summed E-state index contributed by atoms with van der Waals surface area (Å²) in [5.74, 6) is -1.38. The minimum Gasteiger partial charge on any atom is -0.481 e. The number of aliphatic carboxylic acids is 1. The number of hydrogen-bond acceptors (Lipinski definition) is 4. The van der Waals surface area contributed by atoms with Crippen LogP contribution in [-0.2, 0) is 26.8 Å². The normalized spacial score (nSPS) is 14.8. The molecule has 1 aliphatic heterocycles. The molecule has 44 heavy (non-hydrogen) atoms. The fraction of sp³-hybridized carbons (Fsp3) is 0.314. The highest BCUT2D eigenvalue weighted by Gasteiger charge is 2.27. The summed E-state index contributed by atoms with van der Waals surface area (Å²) in [7, 11) is -3.57. The van der Waals surface area contributed by atoms with Crippen LogP contribution in [0.15, 0.2) is 85.1 Å². The zero-order valence-electron chi connectivity index (χ0n) is 25.4. The van der Waals surface area contributed by atoms with Gasteiger partial charge in [-0.25, -0.2) is 8.42 Å². The van der Waals surface area contributed by atoms with Crippen LogP contribution in [-0.4, -0.2) is 53.7 Å². The number of carbonyl (C=O) groups is 2. The maximum Gasteiger partial charge on any atom is 0.306 e. The Labute approximate surface area is 259 Å². The van der Waals surface area contributed by atoms with Crippen molar-refractivity contribution >= 4 is 44.6 Å². The highest BCUT2D eigenvalue weighted by Crippen LogP contribution is 2.25. The number of rotatable bonds is 9. The Hall–Kier alpha value is -4.37. The number of sulfonamides is 1. The van der Waals surface area contributed by atoms with Gasteiger partial charge in [0.25, 0.3) is 5.91 Å². The fourth-order valence-electron chi connectivity index (χ4n) is 5.49. The quantitative estimate of drug-likeness (QED) is 0.228. The summed E-state index contributed by atoms with van der Waals surface area (Å²) in [5.41, 5.74) is 5.33. The van der Waals surface area contributed by atoms with Gasteiger partial charge < -0.3 is 14.6 Å². The predicted octanol–water partition coefficient (Wildman–Crippen LogP) is 6.38. The highest BCUT2D eigenvalue weighted by molar-refractivity contribution is 7.92. The van der Waals surface area contributed by atoms with Gasteiger partial charge in [0, 0.05) is 48.0 Å². The smallest absolute Gasteiger partial charge is 0.306 e. The van der Waals surface area contributed by atoms with E-state index in [1.54, 1.807) is 17.0 Å². The molecule has 1 saturated heterocycles. The van der Waals surface area contributed by atoms with Crippen LogP contribution >= 0.6 is 0 Å². The van der Waals surface area contributed by atoms with Gasteiger partial charge in [-0.1, -0.05) is 69.3 Å². The molecule has 4 aromatic rings. The number of benzene rings is 3. The van der Waals surface area contributed by atoms with E-state index >= 15 is 0 Å². The van der Waals surface area contributed by atoms with Crippen molar-refractivity contribution in [3.05, 3.63) is 107 Å². The van der Waals surface area contributed by atoms with Crippen molar-refractivity contribution in [2.24, 2.45) is 5.92 Å². The monoisotopic (exact) mass is 613 g/mol. The summed E-state index contributed by atoms with van der Waals surface area (Å²) in [6.45, 7) is 7.97. The zero-order valence-corrected chi connectivity index (χ0v) is 26.2. The summed E-state index contributed by atoms with van der Waals surface area (Å²) in [5, 5.41) is 10.1. The van der Waals surface area contributed by atoms with E-state index in [9.17, 15) is 23.1 Å². The Balaban J connectivity index is 1.18. The number of anilines is 1. The molecule has 230 valence electrons. The van der Waals surface area contributed by atoms with Gasteiger partial charge in [0.2, 0.25) is 10.0 Å². The van der Waals surface area contributed by atoms with Gasteiger partial charge in [-0.15, -0.1) is 0 Å². The molecule has 0 radical (unpaired) electrons. The van der Waals surface area contributed by atoms with Crippen molar-refractivity contribution < 1.29 is 23.1 Å². The van der Waals surface area contributed by atoms with Crippen molar-refractivity contribution in [1.29, 1.82) is 0 Å². The Bertz CT molecular complexity index is 1770. The van der Waals surface area contributed by atoms with E-state index in [0.29, 0.717) is 43.7 Å². The van der Waals surface area contributed by atoms with Gasteiger partial charge in [0.1, 0.15) is 0 Å². The number of fused-ring (bicyclic) bond motifs is 1. The first-order valence-electron chi connectivity index (χ1n) is 14.9. The average molecular weight is 614 g/mol. The van der Waals surface area contributed by atoms with Crippen LogP contribution in [0.3, 0.4) is 0 Å². The van der Waals surface area contributed by atoms with E-state index in [1.807, 2.05) is 66.9 Å². The van der Waals surface area contributed by atoms with Gasteiger partial charge in [-0.2, -0.15) is 0 Å². The fourth-order valence-corrected chi connectivity index (χ4v) is 6.41. The van der Waals surface area contributed by atoms with Crippen molar-refractivity contribution in [2.45, 2.75) is 45.6 Å². The lowest BCUT2D eigenvalue weighted by Gasteiger charge is -2.30. The van der Waals surface area contributed by atoms with Gasteiger partial charge >= 0.3 is 5.97 Å². The van der Waals surface area contributed by atoms with Crippen LogP contribution in [0, 0.1) is 5.92 Å². The second-order valence-electron chi connectivity index (χ2n) is 12.5. The van der Waals surface area contributed by atoms with E-state index in [-0.39, 0.29) is 23.0 Å². The molecule has 1 aromatic heterocycles. The average Bonchev–Trinajstić information content (AvgIpc) is 3.38. The van der Waals surface area contributed by atoms with Crippen LogP contribution in [0.25, 0.3) is 17.0 Å². The number of carbonyl (C=O) groups excluding carboxylic acids is 1. The number of likely N-dealkylation sites (tertiary alicyclic amines) is 1. The Morgan fingerprint density at radius 3 is 2.27 bits per heavy atom. The molecule has 1 amide bonds. The molecule has 0 atom stereocenters. The van der Waals surface area contributed by atoms with E-state index in [2.05, 4.69) is 42.2 Å². The molecule has 2 N–H and O–H groups in total. The van der Waals surface area contributed by atoms with Crippen molar-refractivity contribution in [3.63, 3.8) is 0 Å². The summed E-state index contributed by atoms with van der Waals surface area (Å²) >= 11 is 0.